The number of ether oxygens (including phenoxy) is 1. The van der Waals surface area contributed by atoms with E-state index < -0.39 is 6.10 Å². The van der Waals surface area contributed by atoms with Crippen LogP contribution in [0.3, 0.4) is 0 Å². The molecule has 104 valence electrons. The van der Waals surface area contributed by atoms with Crippen LogP contribution in [0, 0.1) is 5.92 Å². The summed E-state index contributed by atoms with van der Waals surface area (Å²) in [7, 11) is 0. The molecule has 0 aromatic heterocycles. The van der Waals surface area contributed by atoms with E-state index in [0.29, 0.717) is 25.5 Å². The van der Waals surface area contributed by atoms with Crippen LogP contribution in [-0.2, 0) is 4.79 Å². The van der Waals surface area contributed by atoms with Gasteiger partial charge in [-0.05, 0) is 18.4 Å². The Hall–Kier alpha value is -1.55. The molecular weight excluding hydrogens is 242 g/mol. The zero-order valence-electron chi connectivity index (χ0n) is 11.4. The van der Waals surface area contributed by atoms with E-state index in [0.717, 1.165) is 11.3 Å². The van der Waals surface area contributed by atoms with Crippen molar-refractivity contribution in [1.82, 2.24) is 5.32 Å². The van der Waals surface area contributed by atoms with Crippen molar-refractivity contribution in [2.45, 2.75) is 32.3 Å². The minimum atomic E-state index is -0.485. The molecule has 4 heteroatoms. The highest BCUT2D eigenvalue weighted by Crippen LogP contribution is 2.33. The molecule has 2 N–H and O–H groups in total. The minimum Gasteiger partial charge on any atom is -0.492 e. The number of aliphatic hydroxyl groups excluding tert-OH is 1. The SMILES string of the molecule is CC(C)C[C@H](O)CNC(=O)[C@H]1COc2ccccc21. The number of hydrogen-bond acceptors (Lipinski definition) is 3. The van der Waals surface area contributed by atoms with Crippen LogP contribution in [0.2, 0.25) is 0 Å². The highest BCUT2D eigenvalue weighted by molar-refractivity contribution is 5.85. The third kappa shape index (κ3) is 3.47. The highest BCUT2D eigenvalue weighted by Gasteiger charge is 2.29. The fourth-order valence-corrected chi connectivity index (χ4v) is 2.35. The van der Waals surface area contributed by atoms with Gasteiger partial charge in [0.1, 0.15) is 18.3 Å². The number of amides is 1. The Morgan fingerprint density at radius 1 is 1.47 bits per heavy atom. The van der Waals surface area contributed by atoms with Crippen LogP contribution >= 0.6 is 0 Å². The molecule has 1 amide bonds. The third-order valence-electron chi connectivity index (χ3n) is 3.27. The number of hydrogen-bond donors (Lipinski definition) is 2. The predicted molar refractivity (Wildman–Crippen MR) is 73.1 cm³/mol. The van der Waals surface area contributed by atoms with E-state index in [-0.39, 0.29) is 11.8 Å². The first-order chi connectivity index (χ1) is 9.08. The Morgan fingerprint density at radius 2 is 2.21 bits per heavy atom. The Morgan fingerprint density at radius 3 is 2.95 bits per heavy atom. The molecule has 0 radical (unpaired) electrons. The van der Waals surface area contributed by atoms with Crippen molar-refractivity contribution in [3.63, 3.8) is 0 Å². The summed E-state index contributed by atoms with van der Waals surface area (Å²) in [6.45, 7) is 4.78. The summed E-state index contributed by atoms with van der Waals surface area (Å²) in [6.07, 6.45) is 0.208. The number of nitrogens with one attached hydrogen (secondary N) is 1. The van der Waals surface area contributed by atoms with E-state index >= 15 is 0 Å². The zero-order chi connectivity index (χ0) is 13.8. The van der Waals surface area contributed by atoms with Crippen molar-refractivity contribution >= 4 is 5.91 Å². The van der Waals surface area contributed by atoms with Gasteiger partial charge in [-0.15, -0.1) is 0 Å². The van der Waals surface area contributed by atoms with Crippen LogP contribution in [0.4, 0.5) is 0 Å². The quantitative estimate of drug-likeness (QED) is 0.850. The molecule has 0 bridgehead atoms. The van der Waals surface area contributed by atoms with Crippen LogP contribution in [0.5, 0.6) is 5.75 Å². The van der Waals surface area contributed by atoms with Crippen molar-refractivity contribution in [1.29, 1.82) is 0 Å². The molecular formula is C15H21NO3. The Kier molecular flexibility index (Phi) is 4.43. The van der Waals surface area contributed by atoms with Gasteiger partial charge in [0, 0.05) is 12.1 Å². The molecule has 0 saturated heterocycles. The average molecular weight is 263 g/mol. The van der Waals surface area contributed by atoms with Crippen molar-refractivity contribution in [3.8, 4) is 5.75 Å². The summed E-state index contributed by atoms with van der Waals surface area (Å²) in [4.78, 5) is 12.1. The van der Waals surface area contributed by atoms with Crippen LogP contribution in [0.1, 0.15) is 31.7 Å². The molecule has 1 heterocycles. The summed E-state index contributed by atoms with van der Waals surface area (Å²) in [6, 6.07) is 7.58. The maximum Gasteiger partial charge on any atom is 0.231 e. The average Bonchev–Trinajstić information content (AvgIpc) is 2.79. The summed E-state index contributed by atoms with van der Waals surface area (Å²) in [5.74, 6) is 0.864. The predicted octanol–water partition coefficient (Wildman–Crippen LogP) is 1.69. The number of carbonyl (C=O) groups is 1. The van der Waals surface area contributed by atoms with E-state index in [4.69, 9.17) is 4.74 Å². The number of benzene rings is 1. The van der Waals surface area contributed by atoms with Crippen LogP contribution < -0.4 is 10.1 Å². The molecule has 0 saturated carbocycles. The lowest BCUT2D eigenvalue weighted by Crippen LogP contribution is -2.36. The lowest BCUT2D eigenvalue weighted by molar-refractivity contribution is -0.123. The molecule has 4 nitrogen and oxygen atoms in total. The molecule has 2 atom stereocenters. The first-order valence-corrected chi connectivity index (χ1v) is 6.75. The number of carbonyl (C=O) groups excluding carboxylic acids is 1. The summed E-state index contributed by atoms with van der Waals surface area (Å²) in [5.41, 5.74) is 0.929. The second-order valence-corrected chi connectivity index (χ2v) is 5.43. The fraction of sp³-hybridized carbons (Fsp3) is 0.533. The molecule has 1 aliphatic heterocycles. The van der Waals surface area contributed by atoms with Crippen LogP contribution in [0.25, 0.3) is 0 Å². The van der Waals surface area contributed by atoms with E-state index in [1.165, 1.54) is 0 Å². The fourth-order valence-electron chi connectivity index (χ4n) is 2.35. The summed E-state index contributed by atoms with van der Waals surface area (Å²) < 4.78 is 5.48. The molecule has 0 aliphatic carbocycles. The van der Waals surface area contributed by atoms with Gasteiger partial charge in [0.05, 0.1) is 6.10 Å². The topological polar surface area (TPSA) is 58.6 Å². The van der Waals surface area contributed by atoms with Crippen molar-refractivity contribution in [2.75, 3.05) is 13.2 Å². The smallest absolute Gasteiger partial charge is 0.231 e. The Bertz CT molecular complexity index is 445. The molecule has 1 aromatic rings. The number of para-hydroxylation sites is 1. The summed E-state index contributed by atoms with van der Waals surface area (Å²) >= 11 is 0. The summed E-state index contributed by atoms with van der Waals surface area (Å²) in [5, 5.41) is 12.6. The molecule has 0 unspecified atom stereocenters. The Labute approximate surface area is 113 Å². The van der Waals surface area contributed by atoms with Gasteiger partial charge in [0.15, 0.2) is 0 Å². The van der Waals surface area contributed by atoms with Gasteiger partial charge < -0.3 is 15.2 Å². The normalized spacial score (nSPS) is 18.8. The first-order valence-electron chi connectivity index (χ1n) is 6.75. The van der Waals surface area contributed by atoms with Gasteiger partial charge >= 0.3 is 0 Å². The molecule has 0 fully saturated rings. The monoisotopic (exact) mass is 263 g/mol. The van der Waals surface area contributed by atoms with Crippen LogP contribution in [-0.4, -0.2) is 30.3 Å². The molecule has 2 rings (SSSR count). The number of fused-ring (bicyclic) bond motifs is 1. The highest BCUT2D eigenvalue weighted by atomic mass is 16.5. The molecule has 0 spiro atoms. The van der Waals surface area contributed by atoms with Gasteiger partial charge in [-0.2, -0.15) is 0 Å². The maximum atomic E-state index is 12.1. The lowest BCUT2D eigenvalue weighted by atomic mass is 10.0. The molecule has 19 heavy (non-hydrogen) atoms. The van der Waals surface area contributed by atoms with Crippen LogP contribution in [0.15, 0.2) is 24.3 Å². The van der Waals surface area contributed by atoms with E-state index in [9.17, 15) is 9.90 Å². The standard InChI is InChI=1S/C15H21NO3/c1-10(2)7-11(17)8-16-15(18)13-9-19-14-6-4-3-5-12(13)14/h3-6,10-11,13,17H,7-9H2,1-2H3,(H,16,18)/t11-,13-/m0/s1. The van der Waals surface area contributed by atoms with Gasteiger partial charge in [0.25, 0.3) is 0 Å². The molecule has 1 aliphatic rings. The first kappa shape index (κ1) is 13.9. The van der Waals surface area contributed by atoms with Crippen molar-refractivity contribution in [3.05, 3.63) is 29.8 Å². The molecule has 1 aromatic carbocycles. The maximum absolute atomic E-state index is 12.1. The van der Waals surface area contributed by atoms with Gasteiger partial charge in [-0.3, -0.25) is 4.79 Å². The van der Waals surface area contributed by atoms with E-state index in [1.54, 1.807) is 0 Å². The lowest BCUT2D eigenvalue weighted by Gasteiger charge is -2.15. The zero-order valence-corrected chi connectivity index (χ0v) is 11.4. The Balaban J connectivity index is 1.88. The van der Waals surface area contributed by atoms with E-state index in [1.807, 2.05) is 38.1 Å². The number of aliphatic hydroxyl groups is 1. The van der Waals surface area contributed by atoms with Gasteiger partial charge in [-0.1, -0.05) is 32.0 Å². The van der Waals surface area contributed by atoms with E-state index in [2.05, 4.69) is 5.32 Å². The van der Waals surface area contributed by atoms with Gasteiger partial charge in [-0.25, -0.2) is 0 Å². The minimum absolute atomic E-state index is 0.0762. The third-order valence-corrected chi connectivity index (χ3v) is 3.27. The second-order valence-electron chi connectivity index (χ2n) is 5.43. The van der Waals surface area contributed by atoms with Crippen molar-refractivity contribution < 1.29 is 14.6 Å². The largest absolute Gasteiger partial charge is 0.492 e. The van der Waals surface area contributed by atoms with Gasteiger partial charge in [0.2, 0.25) is 5.91 Å². The number of rotatable bonds is 5. The second kappa shape index (κ2) is 6.06. The van der Waals surface area contributed by atoms with Crippen molar-refractivity contribution in [2.24, 2.45) is 5.92 Å².